The molecule has 0 aliphatic rings. The third-order valence-electron chi connectivity index (χ3n) is 2.71. The van der Waals surface area contributed by atoms with Crippen molar-refractivity contribution in [3.63, 3.8) is 0 Å². The molecule has 0 aliphatic carbocycles. The Morgan fingerprint density at radius 1 is 1.06 bits per heavy atom. The predicted octanol–water partition coefficient (Wildman–Crippen LogP) is 4.78. The fourth-order valence-electron chi connectivity index (χ4n) is 1.69. The topological polar surface area (TPSA) is 0 Å². The number of aryl methyl sites for hydroxylation is 1. The van der Waals surface area contributed by atoms with Crippen LogP contribution in [-0.4, -0.2) is 4.86 Å². The Labute approximate surface area is 116 Å². The average Bonchev–Trinajstić information content (AvgIpc) is 2.38. The van der Waals surface area contributed by atoms with Crippen LogP contribution in [0.3, 0.4) is 0 Å². The van der Waals surface area contributed by atoms with Crippen molar-refractivity contribution in [3.05, 3.63) is 69.7 Å². The van der Waals surface area contributed by atoms with Crippen molar-refractivity contribution in [2.75, 3.05) is 0 Å². The van der Waals surface area contributed by atoms with E-state index in [0.29, 0.717) is 0 Å². The summed E-state index contributed by atoms with van der Waals surface area (Å²) in [6, 6.07) is 16.6. The van der Waals surface area contributed by atoms with E-state index < -0.39 is 0 Å². The zero-order chi connectivity index (χ0) is 12.3. The molecule has 2 aromatic rings. The van der Waals surface area contributed by atoms with Gasteiger partial charge >= 0.3 is 0 Å². The highest BCUT2D eigenvalue weighted by Gasteiger charge is 2.04. The highest BCUT2D eigenvalue weighted by Crippen LogP contribution is 2.17. The Hall–Kier alpha value is -0.990. The Balaban J connectivity index is 2.30. The van der Waals surface area contributed by atoms with Gasteiger partial charge in [0.25, 0.3) is 0 Å². The Morgan fingerprint density at radius 3 is 2.35 bits per heavy atom. The Kier molecular flexibility index (Phi) is 4.08. The van der Waals surface area contributed by atoms with Crippen LogP contribution in [0.2, 0.25) is 0 Å². The van der Waals surface area contributed by atoms with E-state index in [4.69, 9.17) is 12.2 Å². The molecule has 0 amide bonds. The molecule has 0 bridgehead atoms. The first-order valence-corrected chi connectivity index (χ1v) is 6.80. The minimum absolute atomic E-state index is 0.897. The van der Waals surface area contributed by atoms with Gasteiger partial charge in [0.1, 0.15) is 0 Å². The van der Waals surface area contributed by atoms with Crippen LogP contribution in [0.5, 0.6) is 0 Å². The Bertz CT molecular complexity index is 529. The molecule has 2 rings (SSSR count). The molecule has 0 fully saturated rings. The Morgan fingerprint density at radius 2 is 1.76 bits per heavy atom. The maximum atomic E-state index is 5.51. The van der Waals surface area contributed by atoms with Crippen LogP contribution >= 0.6 is 28.1 Å². The van der Waals surface area contributed by atoms with E-state index >= 15 is 0 Å². The maximum Gasteiger partial charge on any atom is 0.0522 e. The van der Waals surface area contributed by atoms with Gasteiger partial charge in [-0.1, -0.05) is 71.5 Å². The fraction of sp³-hybridized carbons (Fsp3) is 0.133. The average molecular weight is 305 g/mol. The van der Waals surface area contributed by atoms with Gasteiger partial charge in [-0.25, -0.2) is 0 Å². The number of halogens is 1. The first-order chi connectivity index (χ1) is 8.20. The van der Waals surface area contributed by atoms with E-state index in [2.05, 4.69) is 53.2 Å². The molecule has 17 heavy (non-hydrogen) atoms. The van der Waals surface area contributed by atoms with Gasteiger partial charge in [-0.05, 0) is 35.2 Å². The highest BCUT2D eigenvalue weighted by atomic mass is 79.9. The van der Waals surface area contributed by atoms with Crippen LogP contribution in [0.1, 0.15) is 23.6 Å². The van der Waals surface area contributed by atoms with Gasteiger partial charge in [0, 0.05) is 4.47 Å². The second-order valence-electron chi connectivity index (χ2n) is 3.89. The van der Waals surface area contributed by atoms with Gasteiger partial charge < -0.3 is 0 Å². The van der Waals surface area contributed by atoms with Crippen molar-refractivity contribution in [2.24, 2.45) is 0 Å². The molecule has 0 radical (unpaired) electrons. The van der Waals surface area contributed by atoms with Gasteiger partial charge in [-0.3, -0.25) is 0 Å². The summed E-state index contributed by atoms with van der Waals surface area (Å²) in [5.74, 6) is 0. The summed E-state index contributed by atoms with van der Waals surface area (Å²) >= 11 is 8.97. The van der Waals surface area contributed by atoms with Crippen LogP contribution in [-0.2, 0) is 6.42 Å². The van der Waals surface area contributed by atoms with Crippen molar-refractivity contribution < 1.29 is 0 Å². The molecular weight excluding hydrogens is 292 g/mol. The summed E-state index contributed by atoms with van der Waals surface area (Å²) in [4.78, 5) is 0.897. The van der Waals surface area contributed by atoms with Gasteiger partial charge in [0.05, 0.1) is 4.86 Å². The molecule has 2 heteroatoms. The number of benzene rings is 2. The molecule has 2 aromatic carbocycles. The smallest absolute Gasteiger partial charge is 0.0522 e. The van der Waals surface area contributed by atoms with E-state index in [1.54, 1.807) is 0 Å². The van der Waals surface area contributed by atoms with E-state index in [9.17, 15) is 0 Å². The quantitative estimate of drug-likeness (QED) is 0.581. The molecule has 0 saturated heterocycles. The fourth-order valence-corrected chi connectivity index (χ4v) is 2.35. The zero-order valence-corrected chi connectivity index (χ0v) is 12.0. The summed E-state index contributed by atoms with van der Waals surface area (Å²) in [7, 11) is 0. The normalized spacial score (nSPS) is 10.2. The van der Waals surface area contributed by atoms with Crippen LogP contribution < -0.4 is 0 Å². The lowest BCUT2D eigenvalue weighted by Gasteiger charge is -2.06. The van der Waals surface area contributed by atoms with Gasteiger partial charge in [-0.15, -0.1) is 0 Å². The molecule has 0 N–H and O–H groups in total. The van der Waals surface area contributed by atoms with Crippen molar-refractivity contribution in [3.8, 4) is 0 Å². The molecule has 0 spiro atoms. The number of thiocarbonyl (C=S) groups is 1. The van der Waals surface area contributed by atoms with Crippen LogP contribution in [0, 0.1) is 0 Å². The minimum Gasteiger partial charge on any atom is -0.0788 e. The maximum absolute atomic E-state index is 5.51. The lowest BCUT2D eigenvalue weighted by molar-refractivity contribution is 1.14. The number of hydrogen-bond donors (Lipinski definition) is 0. The van der Waals surface area contributed by atoms with Gasteiger partial charge in [-0.2, -0.15) is 0 Å². The summed E-state index contributed by atoms with van der Waals surface area (Å²) in [6.45, 7) is 2.15. The SMILES string of the molecule is CCc1ccc(C(=S)c2cccc(Br)c2)cc1. The van der Waals surface area contributed by atoms with E-state index in [1.165, 1.54) is 5.56 Å². The molecule has 86 valence electrons. The lowest BCUT2D eigenvalue weighted by Crippen LogP contribution is -1.99. The third kappa shape index (κ3) is 3.02. The second-order valence-corrected chi connectivity index (χ2v) is 5.21. The van der Waals surface area contributed by atoms with Crippen LogP contribution in [0.4, 0.5) is 0 Å². The lowest BCUT2D eigenvalue weighted by atomic mass is 10.0. The molecule has 0 nitrogen and oxygen atoms in total. The molecule has 0 saturated carbocycles. The zero-order valence-electron chi connectivity index (χ0n) is 9.61. The second kappa shape index (κ2) is 5.56. The molecule has 0 atom stereocenters. The van der Waals surface area contributed by atoms with Crippen LogP contribution in [0.15, 0.2) is 53.0 Å². The van der Waals surface area contributed by atoms with E-state index in [-0.39, 0.29) is 0 Å². The molecule has 0 unspecified atom stereocenters. The number of hydrogen-bond acceptors (Lipinski definition) is 1. The van der Waals surface area contributed by atoms with Crippen LogP contribution in [0.25, 0.3) is 0 Å². The van der Waals surface area contributed by atoms with E-state index in [1.807, 2.05) is 18.2 Å². The predicted molar refractivity (Wildman–Crippen MR) is 80.8 cm³/mol. The minimum atomic E-state index is 0.897. The molecule has 0 aromatic heterocycles. The third-order valence-corrected chi connectivity index (χ3v) is 3.68. The highest BCUT2D eigenvalue weighted by molar-refractivity contribution is 9.10. The molecule has 0 heterocycles. The standard InChI is InChI=1S/C15H13BrS/c1-2-11-6-8-12(9-7-11)15(17)13-4-3-5-14(16)10-13/h3-10H,2H2,1H3. The number of rotatable bonds is 3. The van der Waals surface area contributed by atoms with E-state index in [0.717, 1.165) is 26.9 Å². The summed E-state index contributed by atoms with van der Waals surface area (Å²) in [5, 5.41) is 0. The molecule has 0 aliphatic heterocycles. The largest absolute Gasteiger partial charge is 0.0788 e. The molecular formula is C15H13BrS. The summed E-state index contributed by atoms with van der Waals surface area (Å²) in [5.41, 5.74) is 3.53. The van der Waals surface area contributed by atoms with Crippen molar-refractivity contribution >= 4 is 33.0 Å². The monoisotopic (exact) mass is 304 g/mol. The summed E-state index contributed by atoms with van der Waals surface area (Å²) < 4.78 is 1.06. The van der Waals surface area contributed by atoms with Crippen molar-refractivity contribution in [2.45, 2.75) is 13.3 Å². The van der Waals surface area contributed by atoms with Gasteiger partial charge in [0.2, 0.25) is 0 Å². The summed E-state index contributed by atoms with van der Waals surface area (Å²) in [6.07, 6.45) is 1.06. The van der Waals surface area contributed by atoms with Gasteiger partial charge in [0.15, 0.2) is 0 Å². The van der Waals surface area contributed by atoms with Crippen molar-refractivity contribution in [1.82, 2.24) is 0 Å². The van der Waals surface area contributed by atoms with Crippen molar-refractivity contribution in [1.29, 1.82) is 0 Å². The first kappa shape index (κ1) is 12.5. The first-order valence-electron chi connectivity index (χ1n) is 5.60.